The Morgan fingerprint density at radius 1 is 1.39 bits per heavy atom. The van der Waals surface area contributed by atoms with Crippen molar-refractivity contribution >= 4 is 22.5 Å². The van der Waals surface area contributed by atoms with Gasteiger partial charge in [-0.15, -0.1) is 0 Å². The van der Waals surface area contributed by atoms with Crippen molar-refractivity contribution in [1.29, 1.82) is 0 Å². The molecule has 0 spiro atoms. The van der Waals surface area contributed by atoms with Crippen LogP contribution in [0.3, 0.4) is 0 Å². The van der Waals surface area contributed by atoms with Crippen molar-refractivity contribution in [3.63, 3.8) is 0 Å². The maximum absolute atomic E-state index is 11.2. The second kappa shape index (κ2) is 5.26. The maximum Gasteiger partial charge on any atom is 0.340 e. The predicted molar refractivity (Wildman–Crippen MR) is 73.4 cm³/mol. The molecule has 1 aromatic rings. The zero-order valence-electron chi connectivity index (χ0n) is 11.1. The van der Waals surface area contributed by atoms with Gasteiger partial charge in [0.25, 0.3) is 0 Å². The molecule has 4 nitrogen and oxygen atoms in total. The highest BCUT2D eigenvalue weighted by Crippen LogP contribution is 2.33. The molecule has 2 N–H and O–H groups in total. The van der Waals surface area contributed by atoms with Crippen LogP contribution in [0.1, 0.15) is 49.2 Å². The van der Waals surface area contributed by atoms with Crippen LogP contribution >= 0.6 is 11.5 Å². The number of carboxylic acids is 1. The molecule has 1 fully saturated rings. The molecule has 2 rings (SSSR count). The van der Waals surface area contributed by atoms with Gasteiger partial charge < -0.3 is 10.4 Å². The maximum atomic E-state index is 11.2. The summed E-state index contributed by atoms with van der Waals surface area (Å²) in [4.78, 5) is 11.2. The zero-order chi connectivity index (χ0) is 13.3. The van der Waals surface area contributed by atoms with E-state index >= 15 is 0 Å². The number of aromatic carboxylic acids is 1. The number of nitrogens with one attached hydrogen (secondary N) is 1. The van der Waals surface area contributed by atoms with E-state index in [9.17, 15) is 9.90 Å². The van der Waals surface area contributed by atoms with E-state index in [0.717, 1.165) is 18.8 Å². The number of nitrogens with zero attached hydrogens (tertiary/aromatic N) is 1. The van der Waals surface area contributed by atoms with Crippen LogP contribution < -0.4 is 5.32 Å². The van der Waals surface area contributed by atoms with Gasteiger partial charge in [-0.2, -0.15) is 4.37 Å². The molecular weight excluding hydrogens is 248 g/mol. The van der Waals surface area contributed by atoms with Crippen molar-refractivity contribution in [2.24, 2.45) is 11.8 Å². The van der Waals surface area contributed by atoms with Crippen LogP contribution in [0.4, 0.5) is 5.00 Å². The van der Waals surface area contributed by atoms with Crippen LogP contribution in [0.15, 0.2) is 0 Å². The molecular formula is C13H20N2O2S. The molecule has 18 heavy (non-hydrogen) atoms. The summed E-state index contributed by atoms with van der Waals surface area (Å²) in [6.45, 7) is 6.31. The smallest absolute Gasteiger partial charge is 0.340 e. The highest BCUT2D eigenvalue weighted by atomic mass is 32.1. The van der Waals surface area contributed by atoms with E-state index in [1.165, 1.54) is 18.0 Å². The number of hydrogen-bond donors (Lipinski definition) is 2. The number of rotatable bonds is 3. The molecule has 1 aliphatic carbocycles. The van der Waals surface area contributed by atoms with E-state index in [0.29, 0.717) is 28.2 Å². The molecule has 3 atom stereocenters. The molecule has 1 aliphatic rings. The number of anilines is 1. The highest BCUT2D eigenvalue weighted by molar-refractivity contribution is 7.10. The lowest BCUT2D eigenvalue weighted by molar-refractivity contribution is 0.0697. The quantitative estimate of drug-likeness (QED) is 0.882. The monoisotopic (exact) mass is 268 g/mol. The number of aryl methyl sites for hydroxylation is 1. The standard InChI is InChI=1S/C13H20N2O2S/c1-7-4-5-10(6-8(7)2)14-12-11(13(16)17)9(3)15-18-12/h7-8,10,14H,4-6H2,1-3H3,(H,16,17). The molecule has 0 radical (unpaired) electrons. The van der Waals surface area contributed by atoms with Gasteiger partial charge in [0.2, 0.25) is 0 Å². The second-order valence-corrected chi connectivity index (χ2v) is 6.16. The Balaban J connectivity index is 2.08. The van der Waals surface area contributed by atoms with E-state index in [2.05, 4.69) is 23.5 Å². The zero-order valence-corrected chi connectivity index (χ0v) is 11.9. The second-order valence-electron chi connectivity index (χ2n) is 5.39. The molecule has 0 aromatic carbocycles. The fraction of sp³-hybridized carbons (Fsp3) is 0.692. The first-order valence-electron chi connectivity index (χ1n) is 6.45. The first-order chi connectivity index (χ1) is 8.49. The van der Waals surface area contributed by atoms with Gasteiger partial charge in [-0.25, -0.2) is 4.79 Å². The summed E-state index contributed by atoms with van der Waals surface area (Å²) in [5.74, 6) is 0.574. The van der Waals surface area contributed by atoms with Crippen LogP contribution in [-0.2, 0) is 0 Å². The van der Waals surface area contributed by atoms with Gasteiger partial charge in [0.05, 0.1) is 5.69 Å². The van der Waals surface area contributed by atoms with Crippen LogP contribution in [0.25, 0.3) is 0 Å². The van der Waals surface area contributed by atoms with E-state index in [-0.39, 0.29) is 0 Å². The van der Waals surface area contributed by atoms with E-state index in [1.54, 1.807) is 6.92 Å². The Kier molecular flexibility index (Phi) is 3.90. The van der Waals surface area contributed by atoms with Crippen molar-refractivity contribution in [3.05, 3.63) is 11.3 Å². The molecule has 1 aromatic heterocycles. The van der Waals surface area contributed by atoms with Crippen LogP contribution in [-0.4, -0.2) is 21.5 Å². The third-order valence-corrected chi connectivity index (χ3v) is 4.88. The van der Waals surface area contributed by atoms with Crippen molar-refractivity contribution < 1.29 is 9.90 Å². The summed E-state index contributed by atoms with van der Waals surface area (Å²) >= 11 is 1.26. The highest BCUT2D eigenvalue weighted by Gasteiger charge is 2.26. The minimum atomic E-state index is -0.888. The molecule has 0 amide bonds. The Bertz CT molecular complexity index is 444. The average Bonchev–Trinajstić information content (AvgIpc) is 2.65. The minimum absolute atomic E-state index is 0.339. The third-order valence-electron chi connectivity index (χ3n) is 4.01. The van der Waals surface area contributed by atoms with Crippen molar-refractivity contribution in [2.45, 2.75) is 46.1 Å². The summed E-state index contributed by atoms with van der Waals surface area (Å²) in [6, 6.07) is 0.383. The fourth-order valence-corrected chi connectivity index (χ4v) is 3.45. The molecule has 5 heteroatoms. The number of aromatic nitrogens is 1. The number of hydrogen-bond acceptors (Lipinski definition) is 4. The van der Waals surface area contributed by atoms with Gasteiger partial charge in [-0.05, 0) is 49.6 Å². The lowest BCUT2D eigenvalue weighted by Gasteiger charge is -2.32. The molecule has 0 bridgehead atoms. The summed E-state index contributed by atoms with van der Waals surface area (Å²) < 4.78 is 4.14. The molecule has 3 unspecified atom stereocenters. The fourth-order valence-electron chi connectivity index (χ4n) is 2.58. The first-order valence-corrected chi connectivity index (χ1v) is 7.22. The van der Waals surface area contributed by atoms with Crippen molar-refractivity contribution in [2.75, 3.05) is 5.32 Å². The Morgan fingerprint density at radius 2 is 2.11 bits per heavy atom. The summed E-state index contributed by atoms with van der Waals surface area (Å²) in [5.41, 5.74) is 0.943. The lowest BCUT2D eigenvalue weighted by Crippen LogP contribution is -2.30. The van der Waals surface area contributed by atoms with Crippen LogP contribution in [0, 0.1) is 18.8 Å². The van der Waals surface area contributed by atoms with Crippen molar-refractivity contribution in [1.82, 2.24) is 4.37 Å². The van der Waals surface area contributed by atoms with Gasteiger partial charge in [0.15, 0.2) is 0 Å². The summed E-state index contributed by atoms with van der Waals surface area (Å²) in [7, 11) is 0. The van der Waals surface area contributed by atoms with Gasteiger partial charge in [-0.1, -0.05) is 13.8 Å². The largest absolute Gasteiger partial charge is 0.478 e. The van der Waals surface area contributed by atoms with E-state index in [4.69, 9.17) is 0 Å². The Morgan fingerprint density at radius 3 is 2.72 bits per heavy atom. The third kappa shape index (κ3) is 2.66. The normalized spacial score (nSPS) is 28.1. The van der Waals surface area contributed by atoms with E-state index in [1.807, 2.05) is 0 Å². The number of carbonyl (C=O) groups is 1. The molecule has 0 aliphatic heterocycles. The Labute approximate surface area is 112 Å². The average molecular weight is 268 g/mol. The summed E-state index contributed by atoms with van der Waals surface area (Å²) in [5, 5.41) is 13.3. The molecule has 100 valence electrons. The topological polar surface area (TPSA) is 62.2 Å². The van der Waals surface area contributed by atoms with Gasteiger partial charge >= 0.3 is 5.97 Å². The molecule has 1 heterocycles. The van der Waals surface area contributed by atoms with Crippen LogP contribution in [0.2, 0.25) is 0 Å². The minimum Gasteiger partial charge on any atom is -0.478 e. The Hall–Kier alpha value is -1.10. The van der Waals surface area contributed by atoms with Gasteiger partial charge in [0.1, 0.15) is 10.6 Å². The van der Waals surface area contributed by atoms with E-state index < -0.39 is 5.97 Å². The van der Waals surface area contributed by atoms with Crippen molar-refractivity contribution in [3.8, 4) is 0 Å². The molecule has 1 saturated carbocycles. The first kappa shape index (κ1) is 13.3. The summed E-state index contributed by atoms with van der Waals surface area (Å²) in [6.07, 6.45) is 3.43. The van der Waals surface area contributed by atoms with Gasteiger partial charge in [-0.3, -0.25) is 0 Å². The lowest BCUT2D eigenvalue weighted by atomic mass is 9.79. The number of carboxylic acid groups (broad SMARTS) is 1. The SMILES string of the molecule is Cc1nsc(NC2CCC(C)C(C)C2)c1C(=O)O. The predicted octanol–water partition coefficient (Wildman–Crippen LogP) is 3.39. The van der Waals surface area contributed by atoms with Crippen LogP contribution in [0.5, 0.6) is 0 Å². The van der Waals surface area contributed by atoms with Gasteiger partial charge in [0, 0.05) is 6.04 Å². The molecule has 0 saturated heterocycles.